The van der Waals surface area contributed by atoms with Gasteiger partial charge in [0.15, 0.2) is 5.82 Å². The van der Waals surface area contributed by atoms with E-state index in [2.05, 4.69) is 10.2 Å². The van der Waals surface area contributed by atoms with E-state index in [0.717, 1.165) is 4.88 Å². The smallest absolute Gasteiger partial charge is 0.309 e. The number of nitrogens with zero attached hydrogens (tertiary/aromatic N) is 4. The number of ether oxygens (including phenoxy) is 1. The summed E-state index contributed by atoms with van der Waals surface area (Å²) in [7, 11) is 0. The number of nitrogens with two attached hydrogens (primary N) is 1. The Balaban J connectivity index is 1.50. The molecule has 3 rings (SSSR count). The van der Waals surface area contributed by atoms with E-state index in [4.69, 9.17) is 10.6 Å². The van der Waals surface area contributed by atoms with Crippen LogP contribution in [0.25, 0.3) is 10.7 Å². The number of carbonyl (C=O) groups excluding carboxylic acids is 2. The number of likely N-dealkylation sites (tertiary alicyclic amines) is 1. The summed E-state index contributed by atoms with van der Waals surface area (Å²) >= 11 is 2.80. The molecule has 1 amide bonds. The Labute approximate surface area is 159 Å². The van der Waals surface area contributed by atoms with Crippen LogP contribution in [-0.2, 0) is 14.3 Å². The van der Waals surface area contributed by atoms with Gasteiger partial charge in [-0.1, -0.05) is 17.8 Å². The summed E-state index contributed by atoms with van der Waals surface area (Å²) in [6.45, 7) is 3.33. The van der Waals surface area contributed by atoms with Crippen molar-refractivity contribution >= 4 is 35.0 Å². The highest BCUT2D eigenvalue weighted by Crippen LogP contribution is 2.26. The molecule has 8 nitrogen and oxygen atoms in total. The number of piperidine rings is 1. The number of esters is 1. The lowest BCUT2D eigenvalue weighted by Gasteiger charge is -2.30. The predicted molar refractivity (Wildman–Crippen MR) is 100 cm³/mol. The first-order chi connectivity index (χ1) is 12.6. The largest absolute Gasteiger partial charge is 0.466 e. The van der Waals surface area contributed by atoms with Gasteiger partial charge in [-0.3, -0.25) is 9.59 Å². The number of carbonyl (C=O) groups is 2. The van der Waals surface area contributed by atoms with Gasteiger partial charge < -0.3 is 15.5 Å². The molecule has 1 aliphatic rings. The monoisotopic (exact) mass is 395 g/mol. The number of nitrogen functional groups attached to an aromatic ring is 1. The third-order valence-corrected chi connectivity index (χ3v) is 5.99. The van der Waals surface area contributed by atoms with Crippen LogP contribution in [0.15, 0.2) is 22.7 Å². The summed E-state index contributed by atoms with van der Waals surface area (Å²) in [6, 6.07) is 3.84. The quantitative estimate of drug-likeness (QED) is 0.450. The van der Waals surface area contributed by atoms with Crippen molar-refractivity contribution in [3.05, 3.63) is 17.5 Å². The zero-order valence-corrected chi connectivity index (χ0v) is 16.1. The molecule has 2 N–H and O–H groups in total. The lowest BCUT2D eigenvalue weighted by atomic mass is 9.97. The molecule has 0 saturated carbocycles. The average molecular weight is 396 g/mol. The van der Waals surface area contributed by atoms with E-state index in [0.29, 0.717) is 43.5 Å². The van der Waals surface area contributed by atoms with Gasteiger partial charge in [0.05, 0.1) is 23.2 Å². The Morgan fingerprint density at radius 2 is 2.15 bits per heavy atom. The topological polar surface area (TPSA) is 103 Å². The molecule has 2 aromatic heterocycles. The Hall–Kier alpha value is -2.07. The zero-order valence-electron chi connectivity index (χ0n) is 14.5. The third kappa shape index (κ3) is 4.18. The average Bonchev–Trinajstić information content (AvgIpc) is 3.30. The number of amides is 1. The number of hydrogen-bond donors (Lipinski definition) is 1. The van der Waals surface area contributed by atoms with Gasteiger partial charge in [0.2, 0.25) is 11.1 Å². The Morgan fingerprint density at radius 3 is 2.81 bits per heavy atom. The van der Waals surface area contributed by atoms with Crippen LogP contribution >= 0.6 is 23.1 Å². The number of thioether (sulfide) groups is 1. The zero-order chi connectivity index (χ0) is 18.5. The molecule has 10 heteroatoms. The highest BCUT2D eigenvalue weighted by molar-refractivity contribution is 7.99. The van der Waals surface area contributed by atoms with Crippen molar-refractivity contribution < 1.29 is 14.3 Å². The highest BCUT2D eigenvalue weighted by atomic mass is 32.2. The van der Waals surface area contributed by atoms with E-state index in [1.165, 1.54) is 27.8 Å². The Morgan fingerprint density at radius 1 is 1.38 bits per heavy atom. The first-order valence-electron chi connectivity index (χ1n) is 8.41. The molecule has 1 aliphatic heterocycles. The van der Waals surface area contributed by atoms with Crippen molar-refractivity contribution in [1.82, 2.24) is 19.8 Å². The molecule has 3 heterocycles. The normalized spacial score (nSPS) is 15.2. The summed E-state index contributed by atoms with van der Waals surface area (Å²) in [6.07, 6.45) is 1.29. The SMILES string of the molecule is CCOC(=O)C1CCN(C(=O)CSc2nnc(-c3cccs3)n2N)CC1. The molecule has 2 aromatic rings. The Kier molecular flexibility index (Phi) is 6.15. The molecule has 0 aromatic carbocycles. The second kappa shape index (κ2) is 8.54. The van der Waals surface area contributed by atoms with Crippen LogP contribution < -0.4 is 5.84 Å². The second-order valence-electron chi connectivity index (χ2n) is 5.85. The summed E-state index contributed by atoms with van der Waals surface area (Å²) in [4.78, 5) is 26.9. The summed E-state index contributed by atoms with van der Waals surface area (Å²) in [5, 5.41) is 10.6. The van der Waals surface area contributed by atoms with E-state index in [-0.39, 0.29) is 23.5 Å². The molecule has 140 valence electrons. The van der Waals surface area contributed by atoms with E-state index in [9.17, 15) is 9.59 Å². The van der Waals surface area contributed by atoms with Gasteiger partial charge in [-0.25, -0.2) is 4.68 Å². The molecule has 0 bridgehead atoms. The molecule has 0 unspecified atom stereocenters. The van der Waals surface area contributed by atoms with Crippen LogP contribution in [0.4, 0.5) is 0 Å². The van der Waals surface area contributed by atoms with Gasteiger partial charge >= 0.3 is 5.97 Å². The fourth-order valence-corrected chi connectivity index (χ4v) is 4.26. The van der Waals surface area contributed by atoms with Gasteiger partial charge in [0, 0.05) is 13.1 Å². The first kappa shape index (κ1) is 18.7. The van der Waals surface area contributed by atoms with Crippen LogP contribution in [0.2, 0.25) is 0 Å². The van der Waals surface area contributed by atoms with E-state index >= 15 is 0 Å². The van der Waals surface area contributed by atoms with Crippen molar-refractivity contribution in [1.29, 1.82) is 0 Å². The van der Waals surface area contributed by atoms with E-state index < -0.39 is 0 Å². The molecular formula is C16H21N5O3S2. The third-order valence-electron chi connectivity index (χ3n) is 4.20. The lowest BCUT2D eigenvalue weighted by Crippen LogP contribution is -2.41. The summed E-state index contributed by atoms with van der Waals surface area (Å²) < 4.78 is 6.46. The lowest BCUT2D eigenvalue weighted by molar-refractivity contribution is -0.151. The maximum atomic E-state index is 12.4. The van der Waals surface area contributed by atoms with Crippen LogP contribution in [-0.4, -0.2) is 57.1 Å². The van der Waals surface area contributed by atoms with Gasteiger partial charge in [-0.2, -0.15) is 0 Å². The fraction of sp³-hybridized carbons (Fsp3) is 0.500. The van der Waals surface area contributed by atoms with Crippen LogP contribution in [0.3, 0.4) is 0 Å². The minimum Gasteiger partial charge on any atom is -0.466 e. The van der Waals surface area contributed by atoms with Crippen LogP contribution in [0.5, 0.6) is 0 Å². The van der Waals surface area contributed by atoms with Crippen molar-refractivity contribution in [3.8, 4) is 10.7 Å². The van der Waals surface area contributed by atoms with Crippen LogP contribution in [0, 0.1) is 5.92 Å². The van der Waals surface area contributed by atoms with Crippen molar-refractivity contribution in [2.45, 2.75) is 24.9 Å². The number of aromatic nitrogens is 3. The summed E-state index contributed by atoms with van der Waals surface area (Å²) in [5.74, 6) is 6.62. The van der Waals surface area contributed by atoms with Gasteiger partial charge in [0.25, 0.3) is 0 Å². The molecule has 0 spiro atoms. The standard InChI is InChI=1S/C16H21N5O3S2/c1-2-24-15(23)11-5-7-20(8-6-11)13(22)10-26-16-19-18-14(21(16)17)12-4-3-9-25-12/h3-4,9,11H,2,5-8,10,17H2,1H3. The van der Waals surface area contributed by atoms with Gasteiger partial charge in [-0.15, -0.1) is 21.5 Å². The molecular weight excluding hydrogens is 374 g/mol. The molecule has 0 radical (unpaired) electrons. The first-order valence-corrected chi connectivity index (χ1v) is 10.3. The van der Waals surface area contributed by atoms with Gasteiger partial charge in [0.1, 0.15) is 0 Å². The molecule has 26 heavy (non-hydrogen) atoms. The molecule has 0 aliphatic carbocycles. The molecule has 1 saturated heterocycles. The number of hydrogen-bond acceptors (Lipinski definition) is 8. The van der Waals surface area contributed by atoms with E-state index in [1.54, 1.807) is 11.8 Å². The maximum absolute atomic E-state index is 12.4. The van der Waals surface area contributed by atoms with Crippen molar-refractivity contribution in [2.75, 3.05) is 31.3 Å². The van der Waals surface area contributed by atoms with Crippen LogP contribution in [0.1, 0.15) is 19.8 Å². The summed E-state index contributed by atoms with van der Waals surface area (Å²) in [5.41, 5.74) is 0. The van der Waals surface area contributed by atoms with Crippen molar-refractivity contribution in [2.24, 2.45) is 5.92 Å². The minimum atomic E-state index is -0.161. The second-order valence-corrected chi connectivity index (χ2v) is 7.74. The minimum absolute atomic E-state index is 0.0120. The fourth-order valence-electron chi connectivity index (χ4n) is 2.79. The van der Waals surface area contributed by atoms with E-state index in [1.807, 2.05) is 17.5 Å². The van der Waals surface area contributed by atoms with Crippen molar-refractivity contribution in [3.63, 3.8) is 0 Å². The Bertz CT molecular complexity index is 754. The van der Waals surface area contributed by atoms with Gasteiger partial charge in [-0.05, 0) is 31.2 Å². The number of thiophene rings is 1. The molecule has 1 fully saturated rings. The predicted octanol–water partition coefficient (Wildman–Crippen LogP) is 1.61. The maximum Gasteiger partial charge on any atom is 0.309 e. The molecule has 0 atom stereocenters. The highest BCUT2D eigenvalue weighted by Gasteiger charge is 2.28. The number of rotatable bonds is 6.